The monoisotopic (exact) mass is 936 g/mol. The minimum atomic E-state index is -0.892. The number of nitriles is 1. The number of hydrogen-bond donors (Lipinski definition) is 3. The summed E-state index contributed by atoms with van der Waals surface area (Å²) in [5, 5.41) is 20.3. The third-order valence-electron chi connectivity index (χ3n) is 9.42. The second-order valence-corrected chi connectivity index (χ2v) is 14.9. The standard InChI is InChI=1S/C51H48N6O12/c1-31(2)46(58)64-21-24-67-49(61)40(30-52)27-34-9-15-37(16-10-34)43-55-44(38-17-11-35(12-18-38)28-41(53-7)50(62)68-25-22-65-47(59)32(3)4)57-45(56-43)39-19-13-36(14-20-39)29-42(54-8)51(63)69-26-23-66-48(60)33(5)6/h9-20,27-29,43-45,55-57H,1,3,5,21-26H2,2,4,6H3/b40-27+,41-28-,42-29-. The summed E-state index contributed by atoms with van der Waals surface area (Å²) in [6, 6.07) is 23.0. The third-order valence-corrected chi connectivity index (χ3v) is 9.42. The van der Waals surface area contributed by atoms with E-state index in [0.29, 0.717) is 16.7 Å². The highest BCUT2D eigenvalue weighted by atomic mass is 16.6. The molecule has 0 saturated carbocycles. The van der Waals surface area contributed by atoms with Crippen LogP contribution in [0.5, 0.6) is 0 Å². The Balaban J connectivity index is 1.55. The van der Waals surface area contributed by atoms with E-state index in [9.17, 15) is 34.0 Å². The lowest BCUT2D eigenvalue weighted by Crippen LogP contribution is -2.54. The number of nitrogens with zero attached hydrogens (tertiary/aromatic N) is 3. The van der Waals surface area contributed by atoms with Crippen LogP contribution < -0.4 is 16.0 Å². The van der Waals surface area contributed by atoms with Gasteiger partial charge < -0.3 is 28.4 Å². The molecule has 3 N–H and O–H groups in total. The number of nitrogens with one attached hydrogen (secondary N) is 3. The Morgan fingerprint density at radius 3 is 1.01 bits per heavy atom. The van der Waals surface area contributed by atoms with E-state index < -0.39 is 54.3 Å². The van der Waals surface area contributed by atoms with Gasteiger partial charge in [0.15, 0.2) is 0 Å². The number of esters is 6. The molecule has 1 heterocycles. The van der Waals surface area contributed by atoms with Crippen LogP contribution in [0.1, 0.15) is 72.6 Å². The zero-order valence-electron chi connectivity index (χ0n) is 38.0. The van der Waals surface area contributed by atoms with Crippen molar-refractivity contribution in [3.63, 3.8) is 0 Å². The molecule has 18 heteroatoms. The second-order valence-electron chi connectivity index (χ2n) is 14.9. The fraction of sp³-hybridized carbons (Fsp3) is 0.235. The summed E-state index contributed by atoms with van der Waals surface area (Å²) in [6.07, 6.45) is 2.61. The van der Waals surface area contributed by atoms with Gasteiger partial charge in [-0.25, -0.2) is 28.9 Å². The van der Waals surface area contributed by atoms with Gasteiger partial charge in [0.05, 0.1) is 31.6 Å². The molecule has 0 amide bonds. The Morgan fingerprint density at radius 1 is 0.493 bits per heavy atom. The highest BCUT2D eigenvalue weighted by molar-refractivity contribution is 5.98. The lowest BCUT2D eigenvalue weighted by atomic mass is 10.0. The Morgan fingerprint density at radius 2 is 0.754 bits per heavy atom. The Labute approximate surface area is 398 Å². The van der Waals surface area contributed by atoms with Gasteiger partial charge in [-0.2, -0.15) is 5.26 Å². The summed E-state index contributed by atoms with van der Waals surface area (Å²) in [5.41, 5.74) is 3.65. The van der Waals surface area contributed by atoms with Crippen molar-refractivity contribution in [2.45, 2.75) is 39.3 Å². The van der Waals surface area contributed by atoms with E-state index in [1.54, 1.807) is 48.5 Å². The highest BCUT2D eigenvalue weighted by Crippen LogP contribution is 2.29. The highest BCUT2D eigenvalue weighted by Gasteiger charge is 2.30. The van der Waals surface area contributed by atoms with Crippen molar-refractivity contribution < 1.29 is 57.2 Å². The van der Waals surface area contributed by atoms with Crippen LogP contribution >= 0.6 is 0 Å². The Bertz CT molecular complexity index is 2380. The van der Waals surface area contributed by atoms with Crippen LogP contribution in [0, 0.1) is 24.5 Å². The van der Waals surface area contributed by atoms with Crippen molar-refractivity contribution in [1.29, 1.82) is 5.26 Å². The second kappa shape index (κ2) is 26.4. The Kier molecular flexibility index (Phi) is 20.3. The van der Waals surface area contributed by atoms with E-state index in [2.05, 4.69) is 45.4 Å². The van der Waals surface area contributed by atoms with E-state index in [1.807, 2.05) is 30.3 Å². The number of carbonyl (C=O) groups excluding carboxylic acids is 6. The first-order valence-corrected chi connectivity index (χ1v) is 20.9. The fourth-order valence-corrected chi connectivity index (χ4v) is 5.87. The summed E-state index contributed by atoms with van der Waals surface area (Å²) < 4.78 is 30.1. The van der Waals surface area contributed by atoms with Crippen LogP contribution in [0.2, 0.25) is 0 Å². The van der Waals surface area contributed by atoms with Crippen LogP contribution in [0.4, 0.5) is 0 Å². The average Bonchev–Trinajstić information content (AvgIpc) is 3.35. The van der Waals surface area contributed by atoms with E-state index in [-0.39, 0.29) is 73.3 Å². The van der Waals surface area contributed by atoms with Crippen LogP contribution in [-0.2, 0) is 57.2 Å². The maximum atomic E-state index is 12.6. The summed E-state index contributed by atoms with van der Waals surface area (Å²) in [6.45, 7) is 28.6. The molecule has 1 aliphatic rings. The summed E-state index contributed by atoms with van der Waals surface area (Å²) in [4.78, 5) is 79.3. The normalized spacial score (nSPS) is 15.7. The predicted octanol–water partition coefficient (Wildman–Crippen LogP) is 6.28. The van der Waals surface area contributed by atoms with Gasteiger partial charge in [0, 0.05) is 16.7 Å². The summed E-state index contributed by atoms with van der Waals surface area (Å²) in [5.74, 6) is -4.55. The van der Waals surface area contributed by atoms with Gasteiger partial charge in [-0.3, -0.25) is 25.5 Å². The van der Waals surface area contributed by atoms with E-state index in [4.69, 9.17) is 41.6 Å². The fourth-order valence-electron chi connectivity index (χ4n) is 5.87. The van der Waals surface area contributed by atoms with Gasteiger partial charge in [0.25, 0.3) is 11.4 Å². The van der Waals surface area contributed by atoms with Gasteiger partial charge in [0.1, 0.15) is 51.3 Å². The molecule has 0 aromatic heterocycles. The Hall–Kier alpha value is -8.73. The smallest absolute Gasteiger partial charge is 0.349 e. The average molecular weight is 937 g/mol. The lowest BCUT2D eigenvalue weighted by Gasteiger charge is -2.39. The molecule has 0 spiro atoms. The zero-order valence-corrected chi connectivity index (χ0v) is 38.0. The molecule has 3 aromatic rings. The zero-order chi connectivity index (χ0) is 50.5. The van der Waals surface area contributed by atoms with Crippen LogP contribution in [0.3, 0.4) is 0 Å². The first kappa shape index (κ1) is 52.9. The first-order valence-electron chi connectivity index (χ1n) is 20.9. The molecule has 69 heavy (non-hydrogen) atoms. The predicted molar refractivity (Wildman–Crippen MR) is 250 cm³/mol. The van der Waals surface area contributed by atoms with Crippen molar-refractivity contribution in [1.82, 2.24) is 16.0 Å². The SMILES string of the molecule is [C-]#[N+]/C(=C\c1ccc(C2NC(c3ccc(/C=C(\[N+]#[C-])C(=O)OCCOC(=O)C(=C)C)cc3)NC(c3ccc(/C=C(\C#N)C(=O)OCCOC(=O)C(=C)C)cc3)N2)cc1)C(=O)OCCOC(=O)C(=C)C. The maximum Gasteiger partial charge on any atom is 0.349 e. The quantitative estimate of drug-likeness (QED) is 0.0267. The van der Waals surface area contributed by atoms with E-state index in [1.165, 1.54) is 39.0 Å². The number of rotatable bonds is 21. The largest absolute Gasteiger partial charge is 0.467 e. The van der Waals surface area contributed by atoms with Gasteiger partial charge in [-0.05, 0) is 72.4 Å². The first-order chi connectivity index (χ1) is 33.0. The molecule has 18 nitrogen and oxygen atoms in total. The van der Waals surface area contributed by atoms with E-state index >= 15 is 0 Å². The topological polar surface area (TPSA) is 226 Å². The molecule has 1 aliphatic heterocycles. The molecular formula is C51H48N6O12. The van der Waals surface area contributed by atoms with Crippen molar-refractivity contribution in [3.05, 3.63) is 182 Å². The molecule has 1 fully saturated rings. The molecule has 4 rings (SSSR count). The molecule has 2 atom stereocenters. The minimum absolute atomic E-state index is 0.191. The van der Waals surface area contributed by atoms with Crippen molar-refractivity contribution >= 4 is 54.0 Å². The maximum absolute atomic E-state index is 12.6. The number of carbonyl (C=O) groups is 6. The van der Waals surface area contributed by atoms with Crippen LogP contribution in [-0.4, -0.2) is 75.5 Å². The van der Waals surface area contributed by atoms with Crippen LogP contribution in [0.15, 0.2) is 126 Å². The van der Waals surface area contributed by atoms with E-state index in [0.717, 1.165) is 16.7 Å². The van der Waals surface area contributed by atoms with Gasteiger partial charge in [0.2, 0.25) is 0 Å². The minimum Gasteiger partial charge on any atom is -0.467 e. The van der Waals surface area contributed by atoms with Gasteiger partial charge in [-0.1, -0.05) is 92.5 Å². The number of ether oxygens (including phenoxy) is 6. The molecule has 0 bridgehead atoms. The number of hydrogen-bond acceptors (Lipinski definition) is 16. The van der Waals surface area contributed by atoms with Gasteiger partial charge in [-0.15, -0.1) is 0 Å². The summed E-state index contributed by atoms with van der Waals surface area (Å²) in [7, 11) is 0. The molecule has 0 aliphatic carbocycles. The molecular weight excluding hydrogens is 889 g/mol. The summed E-state index contributed by atoms with van der Waals surface area (Å²) >= 11 is 0. The molecule has 354 valence electrons. The van der Waals surface area contributed by atoms with Crippen molar-refractivity contribution in [2.75, 3.05) is 39.6 Å². The molecule has 3 aromatic carbocycles. The van der Waals surface area contributed by atoms with Crippen molar-refractivity contribution in [2.24, 2.45) is 0 Å². The number of benzene rings is 3. The van der Waals surface area contributed by atoms with Gasteiger partial charge >= 0.3 is 35.8 Å². The molecule has 0 radical (unpaired) electrons. The van der Waals surface area contributed by atoms with Crippen LogP contribution in [0.25, 0.3) is 27.9 Å². The molecule has 1 saturated heterocycles. The molecule has 2 unspecified atom stereocenters. The third kappa shape index (κ3) is 16.6. The lowest BCUT2D eigenvalue weighted by molar-refractivity contribution is -0.147. The van der Waals surface area contributed by atoms with Crippen molar-refractivity contribution in [3.8, 4) is 6.07 Å².